The molecular formula is C10H10N2O2. The standard InChI is InChI=1S/C10H10N2O2/c1-7-3-4-9-8(5-7)10(12(13)14)6-11(9)2/h3-6H,1-2H3. The van der Waals surface area contributed by atoms with Crippen molar-refractivity contribution < 1.29 is 4.92 Å². The SMILES string of the molecule is Cc1ccc2c(c1)c([N+](=O)[O-])cn2C. The zero-order chi connectivity index (χ0) is 10.3. The van der Waals surface area contributed by atoms with Crippen LogP contribution in [0.2, 0.25) is 0 Å². The maximum absolute atomic E-state index is 10.7. The summed E-state index contributed by atoms with van der Waals surface area (Å²) in [6, 6.07) is 5.69. The number of fused-ring (bicyclic) bond motifs is 1. The van der Waals surface area contributed by atoms with E-state index in [1.54, 1.807) is 10.8 Å². The molecule has 14 heavy (non-hydrogen) atoms. The Morgan fingerprint density at radius 3 is 2.79 bits per heavy atom. The van der Waals surface area contributed by atoms with Crippen LogP contribution >= 0.6 is 0 Å². The number of aryl methyl sites for hydroxylation is 2. The molecule has 4 heteroatoms. The fourth-order valence-electron chi connectivity index (χ4n) is 1.63. The summed E-state index contributed by atoms with van der Waals surface area (Å²) in [5, 5.41) is 11.4. The molecule has 0 N–H and O–H groups in total. The highest BCUT2D eigenvalue weighted by atomic mass is 16.6. The van der Waals surface area contributed by atoms with Crippen LogP contribution in [0.15, 0.2) is 24.4 Å². The predicted octanol–water partition coefficient (Wildman–Crippen LogP) is 2.39. The third-order valence-electron chi connectivity index (χ3n) is 2.32. The highest BCUT2D eigenvalue weighted by molar-refractivity contribution is 5.90. The van der Waals surface area contributed by atoms with Gasteiger partial charge in [0, 0.05) is 7.05 Å². The lowest BCUT2D eigenvalue weighted by atomic mass is 10.1. The fourth-order valence-corrected chi connectivity index (χ4v) is 1.63. The Morgan fingerprint density at radius 2 is 2.14 bits per heavy atom. The normalized spacial score (nSPS) is 10.7. The van der Waals surface area contributed by atoms with E-state index in [1.165, 1.54) is 0 Å². The third-order valence-corrected chi connectivity index (χ3v) is 2.32. The second kappa shape index (κ2) is 2.83. The zero-order valence-electron chi connectivity index (χ0n) is 8.02. The van der Waals surface area contributed by atoms with Gasteiger partial charge in [-0.25, -0.2) is 0 Å². The number of hydrogen-bond donors (Lipinski definition) is 0. The Kier molecular flexibility index (Phi) is 1.77. The smallest absolute Gasteiger partial charge is 0.294 e. The maximum atomic E-state index is 10.7. The van der Waals surface area contributed by atoms with Crippen molar-refractivity contribution in [3.63, 3.8) is 0 Å². The van der Waals surface area contributed by atoms with E-state index in [9.17, 15) is 10.1 Å². The molecule has 1 aromatic carbocycles. The highest BCUT2D eigenvalue weighted by Gasteiger charge is 2.15. The first-order valence-electron chi connectivity index (χ1n) is 4.29. The van der Waals surface area contributed by atoms with Gasteiger partial charge in [-0.1, -0.05) is 11.6 Å². The Morgan fingerprint density at radius 1 is 1.43 bits per heavy atom. The lowest BCUT2D eigenvalue weighted by Gasteiger charge is -1.95. The molecule has 1 heterocycles. The van der Waals surface area contributed by atoms with Crippen molar-refractivity contribution in [3.05, 3.63) is 40.1 Å². The lowest BCUT2D eigenvalue weighted by molar-refractivity contribution is -0.383. The van der Waals surface area contributed by atoms with E-state index in [0.29, 0.717) is 5.39 Å². The molecule has 0 amide bonds. The van der Waals surface area contributed by atoms with Gasteiger partial charge in [-0.05, 0) is 19.1 Å². The molecule has 0 aliphatic heterocycles. The average Bonchev–Trinajstić information content (AvgIpc) is 2.43. The monoisotopic (exact) mass is 190 g/mol. The molecule has 2 aromatic rings. The van der Waals surface area contributed by atoms with Crippen molar-refractivity contribution >= 4 is 16.6 Å². The molecule has 0 bridgehead atoms. The summed E-state index contributed by atoms with van der Waals surface area (Å²) in [4.78, 5) is 10.4. The highest BCUT2D eigenvalue weighted by Crippen LogP contribution is 2.27. The first kappa shape index (κ1) is 8.74. The number of nitro groups is 1. The van der Waals surface area contributed by atoms with Crippen LogP contribution in [0.1, 0.15) is 5.56 Å². The summed E-state index contributed by atoms with van der Waals surface area (Å²) in [6.07, 6.45) is 1.55. The molecule has 0 saturated carbocycles. The van der Waals surface area contributed by atoms with Crippen molar-refractivity contribution in [2.24, 2.45) is 7.05 Å². The van der Waals surface area contributed by atoms with Gasteiger partial charge in [-0.2, -0.15) is 0 Å². The van der Waals surface area contributed by atoms with Crippen molar-refractivity contribution in [1.82, 2.24) is 4.57 Å². The molecular weight excluding hydrogens is 180 g/mol. The van der Waals surface area contributed by atoms with Gasteiger partial charge in [0.1, 0.15) is 0 Å². The predicted molar refractivity (Wildman–Crippen MR) is 54.3 cm³/mol. The lowest BCUT2D eigenvalue weighted by Crippen LogP contribution is -1.85. The second-order valence-corrected chi connectivity index (χ2v) is 3.40. The van der Waals surface area contributed by atoms with Crippen LogP contribution in [-0.2, 0) is 7.05 Å². The Labute approximate surface area is 80.9 Å². The van der Waals surface area contributed by atoms with E-state index < -0.39 is 0 Å². The summed E-state index contributed by atoms with van der Waals surface area (Å²) < 4.78 is 1.77. The van der Waals surface area contributed by atoms with Gasteiger partial charge in [-0.3, -0.25) is 10.1 Å². The van der Waals surface area contributed by atoms with Crippen LogP contribution in [0.4, 0.5) is 5.69 Å². The molecule has 0 saturated heterocycles. The van der Waals surface area contributed by atoms with E-state index >= 15 is 0 Å². The molecule has 0 fully saturated rings. The molecule has 1 aromatic heterocycles. The molecule has 72 valence electrons. The number of benzene rings is 1. The van der Waals surface area contributed by atoms with Crippen LogP contribution in [0, 0.1) is 17.0 Å². The van der Waals surface area contributed by atoms with Gasteiger partial charge in [0.2, 0.25) is 0 Å². The number of rotatable bonds is 1. The molecule has 0 unspecified atom stereocenters. The van der Waals surface area contributed by atoms with E-state index in [1.807, 2.05) is 32.2 Å². The van der Waals surface area contributed by atoms with Crippen molar-refractivity contribution in [2.75, 3.05) is 0 Å². The minimum Gasteiger partial charge on any atom is -0.344 e. The minimum absolute atomic E-state index is 0.172. The van der Waals surface area contributed by atoms with Gasteiger partial charge >= 0.3 is 0 Å². The van der Waals surface area contributed by atoms with E-state index in [4.69, 9.17) is 0 Å². The molecule has 0 atom stereocenters. The second-order valence-electron chi connectivity index (χ2n) is 3.40. The van der Waals surface area contributed by atoms with Crippen LogP contribution in [0.5, 0.6) is 0 Å². The van der Waals surface area contributed by atoms with E-state index in [0.717, 1.165) is 11.1 Å². The van der Waals surface area contributed by atoms with Crippen LogP contribution in [0.25, 0.3) is 10.9 Å². The third kappa shape index (κ3) is 1.16. The molecule has 0 spiro atoms. The topological polar surface area (TPSA) is 48.1 Å². The number of nitrogens with zero attached hydrogens (tertiary/aromatic N) is 2. The van der Waals surface area contributed by atoms with E-state index in [2.05, 4.69) is 0 Å². The first-order valence-corrected chi connectivity index (χ1v) is 4.29. The van der Waals surface area contributed by atoms with Gasteiger partial charge in [0.15, 0.2) is 0 Å². The Bertz CT molecular complexity index is 514. The Balaban J connectivity index is 2.85. The number of hydrogen-bond acceptors (Lipinski definition) is 2. The van der Waals surface area contributed by atoms with Gasteiger partial charge < -0.3 is 4.57 Å². The molecule has 0 aliphatic carbocycles. The van der Waals surface area contributed by atoms with Crippen molar-refractivity contribution in [1.29, 1.82) is 0 Å². The van der Waals surface area contributed by atoms with Crippen LogP contribution < -0.4 is 0 Å². The summed E-state index contributed by atoms with van der Waals surface area (Å²) >= 11 is 0. The Hall–Kier alpha value is -1.84. The van der Waals surface area contributed by atoms with Crippen LogP contribution in [-0.4, -0.2) is 9.49 Å². The van der Waals surface area contributed by atoms with Crippen molar-refractivity contribution in [3.8, 4) is 0 Å². The molecule has 0 radical (unpaired) electrons. The van der Waals surface area contributed by atoms with Gasteiger partial charge in [-0.15, -0.1) is 0 Å². The summed E-state index contributed by atoms with van der Waals surface area (Å²) in [5.74, 6) is 0. The zero-order valence-corrected chi connectivity index (χ0v) is 8.02. The minimum atomic E-state index is -0.345. The maximum Gasteiger partial charge on any atom is 0.294 e. The van der Waals surface area contributed by atoms with Crippen molar-refractivity contribution in [2.45, 2.75) is 6.92 Å². The average molecular weight is 190 g/mol. The summed E-state index contributed by atoms with van der Waals surface area (Å²) in [7, 11) is 1.81. The van der Waals surface area contributed by atoms with Gasteiger partial charge in [0.05, 0.1) is 22.0 Å². The summed E-state index contributed by atoms with van der Waals surface area (Å²) in [5.41, 5.74) is 2.10. The first-order chi connectivity index (χ1) is 6.59. The molecule has 0 aliphatic rings. The van der Waals surface area contributed by atoms with Gasteiger partial charge in [0.25, 0.3) is 5.69 Å². The molecule has 2 rings (SSSR count). The summed E-state index contributed by atoms with van der Waals surface area (Å²) in [6.45, 7) is 1.93. The quantitative estimate of drug-likeness (QED) is 0.512. The fraction of sp³-hybridized carbons (Fsp3) is 0.200. The molecule has 4 nitrogen and oxygen atoms in total. The van der Waals surface area contributed by atoms with E-state index in [-0.39, 0.29) is 10.6 Å². The largest absolute Gasteiger partial charge is 0.344 e. The number of aromatic nitrogens is 1. The van der Waals surface area contributed by atoms with Crippen LogP contribution in [0.3, 0.4) is 0 Å².